The molecule has 18 heavy (non-hydrogen) atoms. The number of nitrogens with one attached hydrogen (secondary N) is 1. The molecule has 2 heterocycles. The predicted octanol–water partition coefficient (Wildman–Crippen LogP) is 2.06. The summed E-state index contributed by atoms with van der Waals surface area (Å²) in [4.78, 5) is 4.07. The molecular formula is C10H12Cl2N6. The van der Waals surface area contributed by atoms with Crippen molar-refractivity contribution in [1.29, 1.82) is 0 Å². The predicted molar refractivity (Wildman–Crippen MR) is 71.8 cm³/mol. The molecule has 0 aliphatic heterocycles. The largest absolute Gasteiger partial charge is 0.382 e. The molecule has 8 heteroatoms. The van der Waals surface area contributed by atoms with Gasteiger partial charge in [-0.25, -0.2) is 4.98 Å². The number of anilines is 2. The van der Waals surface area contributed by atoms with E-state index >= 15 is 0 Å². The first kappa shape index (κ1) is 12.9. The highest BCUT2D eigenvalue weighted by Crippen LogP contribution is 2.27. The zero-order valence-electron chi connectivity index (χ0n) is 9.48. The number of aryl methyl sites for hydroxylation is 1. The van der Waals surface area contributed by atoms with Gasteiger partial charge in [-0.2, -0.15) is 0 Å². The molecule has 0 amide bonds. The molecule has 0 saturated carbocycles. The summed E-state index contributed by atoms with van der Waals surface area (Å²) in [5.74, 6) is 0.803. The van der Waals surface area contributed by atoms with Gasteiger partial charge < -0.3 is 11.1 Å². The summed E-state index contributed by atoms with van der Waals surface area (Å²) >= 11 is 11.8. The van der Waals surface area contributed by atoms with Crippen molar-refractivity contribution in [2.24, 2.45) is 0 Å². The quantitative estimate of drug-likeness (QED) is 0.823. The Morgan fingerprint density at radius 3 is 2.89 bits per heavy atom. The minimum atomic E-state index is 0.264. The third-order valence-electron chi connectivity index (χ3n) is 2.28. The monoisotopic (exact) mass is 286 g/mol. The van der Waals surface area contributed by atoms with Crippen LogP contribution in [0.15, 0.2) is 18.5 Å². The van der Waals surface area contributed by atoms with Crippen LogP contribution in [0.1, 0.15) is 6.42 Å². The lowest BCUT2D eigenvalue weighted by atomic mass is 10.4. The Labute approximate surface area is 114 Å². The standard InChI is InChI=1S/C10H12Cl2N6/c11-7-6-8(12)10(16-9(7)13)14-2-1-4-18-5-3-15-17-18/h3,5-6H,1-2,4H2,(H3,13,14,16). The summed E-state index contributed by atoms with van der Waals surface area (Å²) in [5, 5.41) is 11.5. The van der Waals surface area contributed by atoms with E-state index in [0.717, 1.165) is 13.0 Å². The molecule has 0 atom stereocenters. The van der Waals surface area contributed by atoms with Crippen LogP contribution in [0.25, 0.3) is 0 Å². The third-order valence-corrected chi connectivity index (χ3v) is 2.88. The first-order valence-electron chi connectivity index (χ1n) is 5.36. The molecule has 0 aliphatic rings. The smallest absolute Gasteiger partial charge is 0.147 e. The number of nitrogens with two attached hydrogens (primary N) is 1. The first-order chi connectivity index (χ1) is 8.66. The average Bonchev–Trinajstić information content (AvgIpc) is 2.84. The fourth-order valence-electron chi connectivity index (χ4n) is 1.40. The molecule has 0 bridgehead atoms. The molecular weight excluding hydrogens is 275 g/mol. The molecule has 96 valence electrons. The average molecular weight is 287 g/mol. The second-order valence-electron chi connectivity index (χ2n) is 3.63. The Morgan fingerprint density at radius 1 is 1.33 bits per heavy atom. The maximum absolute atomic E-state index is 5.99. The van der Waals surface area contributed by atoms with E-state index in [1.807, 2.05) is 6.20 Å². The van der Waals surface area contributed by atoms with Gasteiger partial charge in [0.25, 0.3) is 0 Å². The molecule has 0 fully saturated rings. The summed E-state index contributed by atoms with van der Waals surface area (Å²) in [6.07, 6.45) is 4.32. The van der Waals surface area contributed by atoms with Gasteiger partial charge in [0.1, 0.15) is 11.6 Å². The lowest BCUT2D eigenvalue weighted by molar-refractivity contribution is 0.569. The van der Waals surface area contributed by atoms with E-state index in [1.165, 1.54) is 0 Å². The van der Waals surface area contributed by atoms with Crippen molar-refractivity contribution >= 4 is 34.8 Å². The number of hydrogen-bond donors (Lipinski definition) is 2. The second-order valence-corrected chi connectivity index (χ2v) is 4.45. The van der Waals surface area contributed by atoms with Gasteiger partial charge in [0.2, 0.25) is 0 Å². The van der Waals surface area contributed by atoms with E-state index in [2.05, 4.69) is 20.6 Å². The lowest BCUT2D eigenvalue weighted by Crippen LogP contribution is -2.09. The molecule has 2 aromatic rings. The van der Waals surface area contributed by atoms with Crippen LogP contribution in [0, 0.1) is 0 Å². The second kappa shape index (κ2) is 5.88. The van der Waals surface area contributed by atoms with Crippen LogP contribution in [0.5, 0.6) is 0 Å². The molecule has 0 radical (unpaired) electrons. The van der Waals surface area contributed by atoms with E-state index in [9.17, 15) is 0 Å². The molecule has 0 aliphatic carbocycles. The Kier molecular flexibility index (Phi) is 4.22. The van der Waals surface area contributed by atoms with Gasteiger partial charge in [0.05, 0.1) is 16.2 Å². The molecule has 0 spiro atoms. The Balaban J connectivity index is 1.85. The molecule has 0 aromatic carbocycles. The summed E-state index contributed by atoms with van der Waals surface area (Å²) in [6, 6.07) is 1.57. The topological polar surface area (TPSA) is 81.6 Å². The highest BCUT2D eigenvalue weighted by atomic mass is 35.5. The number of pyridine rings is 1. The Bertz CT molecular complexity index is 513. The lowest BCUT2D eigenvalue weighted by Gasteiger charge is -2.08. The van der Waals surface area contributed by atoms with Gasteiger partial charge in [-0.1, -0.05) is 28.4 Å². The van der Waals surface area contributed by atoms with Gasteiger partial charge >= 0.3 is 0 Å². The summed E-state index contributed by atoms with van der Waals surface area (Å²) in [5.41, 5.74) is 5.61. The molecule has 0 saturated heterocycles. The van der Waals surface area contributed by atoms with Gasteiger partial charge in [-0.15, -0.1) is 5.10 Å². The van der Waals surface area contributed by atoms with Gasteiger partial charge in [-0.3, -0.25) is 4.68 Å². The SMILES string of the molecule is Nc1nc(NCCCn2ccnn2)c(Cl)cc1Cl. The number of aromatic nitrogens is 4. The summed E-state index contributed by atoms with van der Waals surface area (Å²) < 4.78 is 1.76. The molecule has 2 aromatic heterocycles. The molecule has 6 nitrogen and oxygen atoms in total. The van der Waals surface area contributed by atoms with E-state index in [0.29, 0.717) is 22.4 Å². The minimum absolute atomic E-state index is 0.264. The summed E-state index contributed by atoms with van der Waals surface area (Å²) in [6.45, 7) is 1.47. The maximum atomic E-state index is 5.99. The van der Waals surface area contributed by atoms with Crippen LogP contribution in [-0.2, 0) is 6.54 Å². The zero-order valence-corrected chi connectivity index (χ0v) is 11.0. The van der Waals surface area contributed by atoms with Crippen LogP contribution in [0.4, 0.5) is 11.6 Å². The number of nitrogen functional groups attached to an aromatic ring is 1. The highest BCUT2D eigenvalue weighted by Gasteiger charge is 2.06. The normalized spacial score (nSPS) is 10.6. The molecule has 2 rings (SSSR count). The van der Waals surface area contributed by atoms with Gasteiger partial charge in [-0.05, 0) is 12.5 Å². The fraction of sp³-hybridized carbons (Fsp3) is 0.300. The van der Waals surface area contributed by atoms with Crippen molar-refractivity contribution in [2.45, 2.75) is 13.0 Å². The maximum Gasteiger partial charge on any atom is 0.147 e. The fourth-order valence-corrected chi connectivity index (χ4v) is 1.83. The highest BCUT2D eigenvalue weighted by molar-refractivity contribution is 6.37. The Morgan fingerprint density at radius 2 is 2.17 bits per heavy atom. The zero-order chi connectivity index (χ0) is 13.0. The van der Waals surface area contributed by atoms with Crippen molar-refractivity contribution in [1.82, 2.24) is 20.0 Å². The van der Waals surface area contributed by atoms with Crippen molar-refractivity contribution in [3.63, 3.8) is 0 Å². The number of rotatable bonds is 5. The van der Waals surface area contributed by atoms with Crippen LogP contribution in [-0.4, -0.2) is 26.5 Å². The number of halogens is 2. The minimum Gasteiger partial charge on any atom is -0.382 e. The van der Waals surface area contributed by atoms with Crippen molar-refractivity contribution < 1.29 is 0 Å². The van der Waals surface area contributed by atoms with Crippen LogP contribution in [0.2, 0.25) is 10.0 Å². The van der Waals surface area contributed by atoms with Gasteiger partial charge in [0.15, 0.2) is 0 Å². The van der Waals surface area contributed by atoms with Crippen LogP contribution in [0.3, 0.4) is 0 Å². The van der Waals surface area contributed by atoms with Crippen molar-refractivity contribution in [2.75, 3.05) is 17.6 Å². The van der Waals surface area contributed by atoms with Crippen LogP contribution >= 0.6 is 23.2 Å². The third kappa shape index (κ3) is 3.24. The Hall–Kier alpha value is -1.53. The molecule has 3 N–H and O–H groups in total. The molecule has 0 unspecified atom stereocenters. The van der Waals surface area contributed by atoms with Crippen LogP contribution < -0.4 is 11.1 Å². The van der Waals surface area contributed by atoms with Crippen molar-refractivity contribution in [3.05, 3.63) is 28.5 Å². The first-order valence-corrected chi connectivity index (χ1v) is 6.12. The number of hydrogen-bond acceptors (Lipinski definition) is 5. The van der Waals surface area contributed by atoms with E-state index in [4.69, 9.17) is 28.9 Å². The number of nitrogens with zero attached hydrogens (tertiary/aromatic N) is 4. The van der Waals surface area contributed by atoms with E-state index < -0.39 is 0 Å². The van der Waals surface area contributed by atoms with E-state index in [1.54, 1.807) is 16.9 Å². The van der Waals surface area contributed by atoms with Gasteiger partial charge in [0, 0.05) is 19.3 Å². The van der Waals surface area contributed by atoms with Crippen molar-refractivity contribution in [3.8, 4) is 0 Å². The van der Waals surface area contributed by atoms with E-state index in [-0.39, 0.29) is 5.82 Å². The summed E-state index contributed by atoms with van der Waals surface area (Å²) in [7, 11) is 0.